The minimum Gasteiger partial charge on any atom is -0.355 e. The molecule has 0 aromatic heterocycles. The summed E-state index contributed by atoms with van der Waals surface area (Å²) in [6.45, 7) is 5.04. The minimum atomic E-state index is -0.236. The molecule has 0 aliphatic carbocycles. The Morgan fingerprint density at radius 1 is 1.33 bits per heavy atom. The summed E-state index contributed by atoms with van der Waals surface area (Å²) in [5.74, 6) is -0.238. The normalized spacial score (nSPS) is 12.2. The third kappa shape index (κ3) is 5.77. The van der Waals surface area contributed by atoms with Crippen molar-refractivity contribution < 1.29 is 9.18 Å². The van der Waals surface area contributed by atoms with E-state index in [1.807, 2.05) is 6.92 Å². The lowest BCUT2D eigenvalue weighted by atomic mass is 10.1. The van der Waals surface area contributed by atoms with Crippen LogP contribution in [0.25, 0.3) is 0 Å². The second-order valence-electron chi connectivity index (χ2n) is 4.42. The molecule has 1 atom stereocenters. The number of benzene rings is 1. The number of halogens is 1. The summed E-state index contributed by atoms with van der Waals surface area (Å²) in [5.41, 5.74) is 1.02. The molecular formula is C14H21FN2O. The van der Waals surface area contributed by atoms with Gasteiger partial charge in [0.1, 0.15) is 5.82 Å². The molecule has 3 nitrogen and oxygen atoms in total. The van der Waals surface area contributed by atoms with Crippen molar-refractivity contribution in [1.29, 1.82) is 0 Å². The van der Waals surface area contributed by atoms with Crippen molar-refractivity contribution in [1.82, 2.24) is 10.6 Å². The van der Waals surface area contributed by atoms with E-state index in [-0.39, 0.29) is 11.7 Å². The highest BCUT2D eigenvalue weighted by atomic mass is 19.1. The standard InChI is InChI=1S/C14H21FN2O/c1-3-11(2)17-10-14(18)16-9-8-12-4-6-13(15)7-5-12/h4-7,11,17H,3,8-10H2,1-2H3,(H,16,18). The molecule has 1 unspecified atom stereocenters. The topological polar surface area (TPSA) is 41.1 Å². The number of hydrogen-bond donors (Lipinski definition) is 2. The van der Waals surface area contributed by atoms with Crippen molar-refractivity contribution in [3.63, 3.8) is 0 Å². The lowest BCUT2D eigenvalue weighted by molar-refractivity contribution is -0.120. The molecule has 0 heterocycles. The highest BCUT2D eigenvalue weighted by Crippen LogP contribution is 2.02. The van der Waals surface area contributed by atoms with Gasteiger partial charge in [-0.1, -0.05) is 19.1 Å². The van der Waals surface area contributed by atoms with Gasteiger partial charge in [-0.2, -0.15) is 0 Å². The first kappa shape index (κ1) is 14.6. The van der Waals surface area contributed by atoms with Crippen LogP contribution >= 0.6 is 0 Å². The number of nitrogens with one attached hydrogen (secondary N) is 2. The van der Waals surface area contributed by atoms with Gasteiger partial charge in [0.2, 0.25) is 5.91 Å². The SMILES string of the molecule is CCC(C)NCC(=O)NCCc1ccc(F)cc1. The molecule has 2 N–H and O–H groups in total. The fourth-order valence-corrected chi connectivity index (χ4v) is 1.47. The Hall–Kier alpha value is -1.42. The number of hydrogen-bond acceptors (Lipinski definition) is 2. The Morgan fingerprint density at radius 3 is 2.61 bits per heavy atom. The molecule has 0 saturated carbocycles. The van der Waals surface area contributed by atoms with E-state index < -0.39 is 0 Å². The van der Waals surface area contributed by atoms with Crippen LogP contribution in [0.5, 0.6) is 0 Å². The van der Waals surface area contributed by atoms with E-state index in [9.17, 15) is 9.18 Å². The molecule has 100 valence electrons. The summed E-state index contributed by atoms with van der Waals surface area (Å²) < 4.78 is 12.7. The van der Waals surface area contributed by atoms with Gasteiger partial charge in [-0.3, -0.25) is 4.79 Å². The van der Waals surface area contributed by atoms with Crippen molar-refractivity contribution in [2.45, 2.75) is 32.7 Å². The van der Waals surface area contributed by atoms with E-state index in [4.69, 9.17) is 0 Å². The summed E-state index contributed by atoms with van der Waals surface area (Å²) in [5, 5.41) is 5.96. The molecule has 0 saturated heterocycles. The van der Waals surface area contributed by atoms with Crippen LogP contribution in [0, 0.1) is 5.82 Å². The van der Waals surface area contributed by atoms with E-state index in [1.165, 1.54) is 12.1 Å². The van der Waals surface area contributed by atoms with Gasteiger partial charge in [-0.05, 0) is 37.5 Å². The number of carbonyl (C=O) groups is 1. The van der Waals surface area contributed by atoms with Crippen LogP contribution in [0.2, 0.25) is 0 Å². The summed E-state index contributed by atoms with van der Waals surface area (Å²) >= 11 is 0. The van der Waals surface area contributed by atoms with Crippen LogP contribution in [-0.2, 0) is 11.2 Å². The molecule has 4 heteroatoms. The first-order chi connectivity index (χ1) is 8.61. The van der Waals surface area contributed by atoms with Gasteiger partial charge in [-0.25, -0.2) is 4.39 Å². The van der Waals surface area contributed by atoms with E-state index in [0.717, 1.165) is 18.4 Å². The molecule has 1 aromatic rings. The summed E-state index contributed by atoms with van der Waals surface area (Å²) in [4.78, 5) is 11.5. The second kappa shape index (κ2) is 7.82. The lowest BCUT2D eigenvalue weighted by Crippen LogP contribution is -2.38. The fourth-order valence-electron chi connectivity index (χ4n) is 1.47. The maximum atomic E-state index is 12.7. The van der Waals surface area contributed by atoms with Crippen LogP contribution in [0.1, 0.15) is 25.8 Å². The zero-order chi connectivity index (χ0) is 13.4. The second-order valence-corrected chi connectivity index (χ2v) is 4.42. The van der Waals surface area contributed by atoms with Crippen LogP contribution in [0.15, 0.2) is 24.3 Å². The Balaban J connectivity index is 2.17. The van der Waals surface area contributed by atoms with Crippen molar-refractivity contribution >= 4 is 5.91 Å². The van der Waals surface area contributed by atoms with Crippen LogP contribution < -0.4 is 10.6 Å². The first-order valence-electron chi connectivity index (χ1n) is 6.36. The molecular weight excluding hydrogens is 231 g/mol. The Labute approximate surface area is 108 Å². The molecule has 0 radical (unpaired) electrons. The van der Waals surface area contributed by atoms with Crippen molar-refractivity contribution in [3.8, 4) is 0 Å². The van der Waals surface area contributed by atoms with E-state index >= 15 is 0 Å². The van der Waals surface area contributed by atoms with Gasteiger partial charge in [0.05, 0.1) is 6.54 Å². The minimum absolute atomic E-state index is 0.00240. The quantitative estimate of drug-likeness (QED) is 0.778. The Kier molecular flexibility index (Phi) is 6.36. The summed E-state index contributed by atoms with van der Waals surface area (Å²) in [6.07, 6.45) is 1.72. The zero-order valence-electron chi connectivity index (χ0n) is 11.0. The van der Waals surface area contributed by atoms with Crippen LogP contribution in [0.4, 0.5) is 4.39 Å². The van der Waals surface area contributed by atoms with Gasteiger partial charge in [0.25, 0.3) is 0 Å². The molecule has 0 fully saturated rings. The fraction of sp³-hybridized carbons (Fsp3) is 0.500. The third-order valence-corrected chi connectivity index (χ3v) is 2.87. The van der Waals surface area contributed by atoms with Crippen molar-refractivity contribution in [3.05, 3.63) is 35.6 Å². The number of carbonyl (C=O) groups excluding carboxylic acids is 1. The predicted octanol–water partition coefficient (Wildman–Crippen LogP) is 1.87. The number of rotatable bonds is 7. The average Bonchev–Trinajstić information content (AvgIpc) is 2.38. The monoisotopic (exact) mass is 252 g/mol. The van der Waals surface area contributed by atoms with Crippen molar-refractivity contribution in [2.24, 2.45) is 0 Å². The summed E-state index contributed by atoms with van der Waals surface area (Å²) in [7, 11) is 0. The smallest absolute Gasteiger partial charge is 0.233 e. The molecule has 1 amide bonds. The molecule has 1 rings (SSSR count). The zero-order valence-corrected chi connectivity index (χ0v) is 11.0. The maximum absolute atomic E-state index is 12.7. The van der Waals surface area contributed by atoms with Crippen LogP contribution in [-0.4, -0.2) is 25.0 Å². The Bertz CT molecular complexity index is 365. The first-order valence-corrected chi connectivity index (χ1v) is 6.36. The molecule has 0 bridgehead atoms. The molecule has 0 aliphatic rings. The average molecular weight is 252 g/mol. The Morgan fingerprint density at radius 2 is 2.00 bits per heavy atom. The predicted molar refractivity (Wildman–Crippen MR) is 70.9 cm³/mol. The molecule has 1 aromatic carbocycles. The van der Waals surface area contributed by atoms with Gasteiger partial charge in [0.15, 0.2) is 0 Å². The van der Waals surface area contributed by atoms with E-state index in [0.29, 0.717) is 19.1 Å². The largest absolute Gasteiger partial charge is 0.355 e. The lowest BCUT2D eigenvalue weighted by Gasteiger charge is -2.11. The molecule has 0 aliphatic heterocycles. The number of amides is 1. The highest BCUT2D eigenvalue weighted by molar-refractivity contribution is 5.77. The third-order valence-electron chi connectivity index (χ3n) is 2.87. The summed E-state index contributed by atoms with van der Waals surface area (Å²) in [6, 6.07) is 6.69. The van der Waals surface area contributed by atoms with E-state index in [2.05, 4.69) is 17.6 Å². The van der Waals surface area contributed by atoms with Gasteiger partial charge in [0, 0.05) is 12.6 Å². The van der Waals surface area contributed by atoms with E-state index in [1.54, 1.807) is 12.1 Å². The molecule has 0 spiro atoms. The van der Waals surface area contributed by atoms with Gasteiger partial charge in [-0.15, -0.1) is 0 Å². The maximum Gasteiger partial charge on any atom is 0.233 e. The molecule has 18 heavy (non-hydrogen) atoms. The highest BCUT2D eigenvalue weighted by Gasteiger charge is 2.03. The van der Waals surface area contributed by atoms with Crippen molar-refractivity contribution in [2.75, 3.05) is 13.1 Å². The van der Waals surface area contributed by atoms with Crippen LogP contribution in [0.3, 0.4) is 0 Å². The van der Waals surface area contributed by atoms with Gasteiger partial charge >= 0.3 is 0 Å². The van der Waals surface area contributed by atoms with Gasteiger partial charge < -0.3 is 10.6 Å².